The summed E-state index contributed by atoms with van der Waals surface area (Å²) in [4.78, 5) is 2.13. The van der Waals surface area contributed by atoms with Gasteiger partial charge in [-0.25, -0.2) is 0 Å². The van der Waals surface area contributed by atoms with Crippen molar-refractivity contribution < 1.29 is 15.3 Å². The van der Waals surface area contributed by atoms with Crippen LogP contribution in [0.1, 0.15) is 31.2 Å². The third-order valence-corrected chi connectivity index (χ3v) is 5.03. The van der Waals surface area contributed by atoms with Crippen molar-refractivity contribution in [3.63, 3.8) is 0 Å². The van der Waals surface area contributed by atoms with Gasteiger partial charge in [0.25, 0.3) is 0 Å². The van der Waals surface area contributed by atoms with Crippen molar-refractivity contribution in [2.24, 2.45) is 0 Å². The van der Waals surface area contributed by atoms with E-state index in [1.165, 1.54) is 5.56 Å². The molecule has 4 heteroatoms. The van der Waals surface area contributed by atoms with Crippen molar-refractivity contribution in [1.82, 2.24) is 4.90 Å². The lowest BCUT2D eigenvalue weighted by atomic mass is 9.89. The minimum Gasteiger partial charge on any atom is -0.391 e. The van der Waals surface area contributed by atoms with Gasteiger partial charge in [0.15, 0.2) is 0 Å². The molecular weight excluding hydrogens is 266 g/mol. The number of aliphatic hydroxyl groups is 3. The van der Waals surface area contributed by atoms with Gasteiger partial charge in [-0.3, -0.25) is 4.90 Å². The minimum atomic E-state index is -0.808. The Morgan fingerprint density at radius 1 is 1.00 bits per heavy atom. The molecule has 5 atom stereocenters. The highest BCUT2D eigenvalue weighted by Crippen LogP contribution is 2.33. The molecule has 0 radical (unpaired) electrons. The number of piperidine rings is 1. The third-order valence-electron chi connectivity index (χ3n) is 5.03. The van der Waals surface area contributed by atoms with Gasteiger partial charge in [0.05, 0.1) is 24.4 Å². The van der Waals surface area contributed by atoms with E-state index in [9.17, 15) is 15.3 Å². The molecule has 3 rings (SSSR count). The number of rotatable bonds is 4. The van der Waals surface area contributed by atoms with Crippen LogP contribution in [0.2, 0.25) is 0 Å². The van der Waals surface area contributed by atoms with E-state index in [1.807, 2.05) is 6.07 Å². The first-order chi connectivity index (χ1) is 10.2. The number of fused-ring (bicyclic) bond motifs is 1. The molecule has 0 spiro atoms. The molecule has 2 heterocycles. The van der Waals surface area contributed by atoms with Crippen LogP contribution in [0.25, 0.3) is 0 Å². The van der Waals surface area contributed by atoms with E-state index < -0.39 is 18.3 Å². The largest absolute Gasteiger partial charge is 0.391 e. The second kappa shape index (κ2) is 6.44. The van der Waals surface area contributed by atoms with Crippen LogP contribution >= 0.6 is 0 Å². The molecule has 2 aliphatic rings. The van der Waals surface area contributed by atoms with Crippen LogP contribution in [0.15, 0.2) is 30.3 Å². The van der Waals surface area contributed by atoms with Crippen LogP contribution < -0.4 is 0 Å². The van der Waals surface area contributed by atoms with E-state index in [2.05, 4.69) is 29.2 Å². The maximum absolute atomic E-state index is 10.1. The lowest BCUT2D eigenvalue weighted by Gasteiger charge is -2.41. The van der Waals surface area contributed by atoms with Crippen molar-refractivity contribution in [1.29, 1.82) is 0 Å². The fourth-order valence-electron chi connectivity index (χ4n) is 3.91. The average Bonchev–Trinajstić information content (AvgIpc) is 2.79. The predicted octanol–water partition coefficient (Wildman–Crippen LogP) is 0.939. The highest BCUT2D eigenvalue weighted by molar-refractivity contribution is 5.14. The van der Waals surface area contributed by atoms with Crippen molar-refractivity contribution in [2.75, 3.05) is 6.54 Å². The second-order valence-electron chi connectivity index (χ2n) is 6.42. The van der Waals surface area contributed by atoms with Crippen LogP contribution in [0.3, 0.4) is 0 Å². The maximum atomic E-state index is 10.1. The highest BCUT2D eigenvalue weighted by Gasteiger charge is 2.48. The van der Waals surface area contributed by atoms with Crippen LogP contribution in [0, 0.1) is 0 Å². The fourth-order valence-corrected chi connectivity index (χ4v) is 3.91. The van der Waals surface area contributed by atoms with E-state index in [4.69, 9.17) is 0 Å². The smallest absolute Gasteiger partial charge is 0.0991 e. The van der Waals surface area contributed by atoms with E-state index >= 15 is 0 Å². The van der Waals surface area contributed by atoms with E-state index in [1.54, 1.807) is 0 Å². The zero-order chi connectivity index (χ0) is 14.8. The van der Waals surface area contributed by atoms with Crippen molar-refractivity contribution in [2.45, 2.75) is 62.5 Å². The normalized spacial score (nSPS) is 36.6. The first-order valence-electron chi connectivity index (χ1n) is 8.00. The van der Waals surface area contributed by atoms with Gasteiger partial charge in [0, 0.05) is 12.6 Å². The Kier molecular flexibility index (Phi) is 4.60. The van der Waals surface area contributed by atoms with Crippen LogP contribution in [-0.2, 0) is 6.42 Å². The van der Waals surface area contributed by atoms with Crippen molar-refractivity contribution in [3.05, 3.63) is 35.9 Å². The summed E-state index contributed by atoms with van der Waals surface area (Å²) in [5.74, 6) is 0. The Labute approximate surface area is 126 Å². The molecule has 116 valence electrons. The summed E-state index contributed by atoms with van der Waals surface area (Å²) in [5, 5.41) is 30.0. The first-order valence-corrected chi connectivity index (χ1v) is 8.00. The Morgan fingerprint density at radius 2 is 1.76 bits per heavy atom. The summed E-state index contributed by atoms with van der Waals surface area (Å²) in [7, 11) is 0. The van der Waals surface area contributed by atoms with Crippen molar-refractivity contribution >= 4 is 0 Å². The predicted molar refractivity (Wildman–Crippen MR) is 80.9 cm³/mol. The molecule has 0 saturated carbocycles. The fraction of sp³-hybridized carbons (Fsp3) is 0.647. The number of benzene rings is 1. The third kappa shape index (κ3) is 3.14. The minimum absolute atomic E-state index is 0.282. The van der Waals surface area contributed by atoms with Gasteiger partial charge in [-0.2, -0.15) is 0 Å². The standard InChI is InChI=1S/C17H25NO3/c19-14-10-9-13(18-11-15(20)17(21)16(14)18)8-4-7-12-5-2-1-3-6-12/h1-3,5-6,13-17,19-21H,4,7-11H2/t13?,14?,15-,16-,17?/m0/s1. The van der Waals surface area contributed by atoms with Gasteiger partial charge >= 0.3 is 0 Å². The molecule has 0 aromatic heterocycles. The SMILES string of the molecule is OC1CCC(CCCc2ccccc2)N2C[C@H](O)C(O)[C@H]12. The Hall–Kier alpha value is -0.940. The summed E-state index contributed by atoms with van der Waals surface area (Å²) in [6, 6.07) is 10.5. The van der Waals surface area contributed by atoms with Gasteiger partial charge in [-0.15, -0.1) is 0 Å². The number of hydrogen-bond donors (Lipinski definition) is 3. The summed E-state index contributed by atoms with van der Waals surface area (Å²) in [6.07, 6.45) is 2.84. The first kappa shape index (κ1) is 15.0. The molecule has 3 N–H and O–H groups in total. The Morgan fingerprint density at radius 3 is 2.52 bits per heavy atom. The van der Waals surface area contributed by atoms with Gasteiger partial charge in [0.1, 0.15) is 0 Å². The van der Waals surface area contributed by atoms with E-state index in [0.717, 1.165) is 32.1 Å². The second-order valence-corrected chi connectivity index (χ2v) is 6.42. The van der Waals surface area contributed by atoms with E-state index in [-0.39, 0.29) is 6.04 Å². The number of aryl methyl sites for hydroxylation is 1. The zero-order valence-electron chi connectivity index (χ0n) is 12.3. The molecule has 2 aliphatic heterocycles. The number of hydrogen-bond acceptors (Lipinski definition) is 4. The lowest BCUT2D eigenvalue weighted by Crippen LogP contribution is -2.53. The topological polar surface area (TPSA) is 63.9 Å². The van der Waals surface area contributed by atoms with Gasteiger partial charge < -0.3 is 15.3 Å². The average molecular weight is 291 g/mol. The molecule has 1 aromatic carbocycles. The van der Waals surface area contributed by atoms with Crippen LogP contribution in [0.5, 0.6) is 0 Å². The zero-order valence-corrected chi connectivity index (χ0v) is 12.3. The van der Waals surface area contributed by atoms with Crippen LogP contribution in [-0.4, -0.2) is 57.2 Å². The summed E-state index contributed by atoms with van der Waals surface area (Å²) in [6.45, 7) is 0.485. The summed E-state index contributed by atoms with van der Waals surface area (Å²) in [5.41, 5.74) is 1.35. The summed E-state index contributed by atoms with van der Waals surface area (Å²) < 4.78 is 0. The summed E-state index contributed by atoms with van der Waals surface area (Å²) >= 11 is 0. The highest BCUT2D eigenvalue weighted by atomic mass is 16.3. The number of aliphatic hydroxyl groups excluding tert-OH is 3. The van der Waals surface area contributed by atoms with Gasteiger partial charge in [-0.1, -0.05) is 30.3 Å². The molecule has 0 amide bonds. The molecule has 2 fully saturated rings. The molecule has 2 saturated heterocycles. The lowest BCUT2D eigenvalue weighted by molar-refractivity contribution is -0.0466. The molecular formula is C17H25NO3. The molecule has 3 unspecified atom stereocenters. The molecule has 4 nitrogen and oxygen atoms in total. The molecule has 0 aliphatic carbocycles. The van der Waals surface area contributed by atoms with Crippen LogP contribution in [0.4, 0.5) is 0 Å². The quantitative estimate of drug-likeness (QED) is 0.772. The molecule has 1 aromatic rings. The molecule has 0 bridgehead atoms. The van der Waals surface area contributed by atoms with Gasteiger partial charge in [-0.05, 0) is 37.7 Å². The Balaban J connectivity index is 1.56. The molecule has 21 heavy (non-hydrogen) atoms. The van der Waals surface area contributed by atoms with Gasteiger partial charge in [0.2, 0.25) is 0 Å². The van der Waals surface area contributed by atoms with E-state index in [0.29, 0.717) is 12.6 Å². The monoisotopic (exact) mass is 291 g/mol. The number of nitrogens with zero attached hydrogens (tertiary/aromatic N) is 1. The van der Waals surface area contributed by atoms with Crippen molar-refractivity contribution in [3.8, 4) is 0 Å². The maximum Gasteiger partial charge on any atom is 0.0991 e. The Bertz CT molecular complexity index is 453.